The highest BCUT2D eigenvalue weighted by atomic mass is 16.2. The number of fused-ring (bicyclic) bond motifs is 2. The van der Waals surface area contributed by atoms with E-state index >= 15 is 0 Å². The van der Waals surface area contributed by atoms with Crippen LogP contribution in [0.4, 0.5) is 5.69 Å². The first-order valence-electron chi connectivity index (χ1n) is 10.8. The van der Waals surface area contributed by atoms with Crippen LogP contribution in [-0.2, 0) is 16.0 Å². The molecule has 5 rings (SSSR count). The number of hydrogen-bond donors (Lipinski definition) is 3. The molecule has 160 valence electrons. The molecule has 32 heavy (non-hydrogen) atoms. The number of H-pyrrole nitrogens is 1. The fourth-order valence-corrected chi connectivity index (χ4v) is 4.32. The van der Waals surface area contributed by atoms with Gasteiger partial charge in [0.2, 0.25) is 11.8 Å². The summed E-state index contributed by atoms with van der Waals surface area (Å²) >= 11 is 0. The highest BCUT2D eigenvalue weighted by Gasteiger charge is 2.27. The Hall–Kier alpha value is -3.93. The molecule has 2 heterocycles. The van der Waals surface area contributed by atoms with Gasteiger partial charge >= 0.3 is 0 Å². The summed E-state index contributed by atoms with van der Waals surface area (Å²) in [6.45, 7) is 0. The van der Waals surface area contributed by atoms with Crippen LogP contribution in [0.25, 0.3) is 11.0 Å². The van der Waals surface area contributed by atoms with Crippen molar-refractivity contribution in [2.24, 2.45) is 5.92 Å². The van der Waals surface area contributed by atoms with Crippen molar-refractivity contribution >= 4 is 28.5 Å². The van der Waals surface area contributed by atoms with Gasteiger partial charge in [0.15, 0.2) is 0 Å². The average Bonchev–Trinajstić information content (AvgIpc) is 3.30. The van der Waals surface area contributed by atoms with Crippen molar-refractivity contribution in [1.29, 1.82) is 0 Å². The summed E-state index contributed by atoms with van der Waals surface area (Å²) in [5.74, 6) is -0.289. The Morgan fingerprint density at radius 1 is 1.03 bits per heavy atom. The van der Waals surface area contributed by atoms with Crippen LogP contribution in [0.2, 0.25) is 0 Å². The quantitative estimate of drug-likeness (QED) is 0.430. The van der Waals surface area contributed by atoms with E-state index in [1.165, 1.54) is 0 Å². The van der Waals surface area contributed by atoms with Crippen molar-refractivity contribution < 1.29 is 9.59 Å². The summed E-state index contributed by atoms with van der Waals surface area (Å²) in [6, 6.07) is 23.4. The molecule has 4 aromatic rings. The smallest absolute Gasteiger partial charge is 0.227 e. The van der Waals surface area contributed by atoms with Crippen molar-refractivity contribution in [2.75, 3.05) is 5.32 Å². The number of carbonyl (C=O) groups excluding carboxylic acids is 2. The van der Waals surface area contributed by atoms with Crippen LogP contribution in [0, 0.1) is 5.92 Å². The van der Waals surface area contributed by atoms with Gasteiger partial charge in [0.05, 0.1) is 23.4 Å². The number of anilines is 1. The SMILES string of the molecule is O=C(CC[C@H]1Cc2ccccc2NC1=O)N[C@@H](c1ccccc1)c1ccc2nc[nH]c2c1. The molecule has 0 unspecified atom stereocenters. The second-order valence-corrected chi connectivity index (χ2v) is 8.18. The number of carbonyl (C=O) groups is 2. The van der Waals surface area contributed by atoms with Crippen molar-refractivity contribution in [3.05, 3.63) is 95.8 Å². The van der Waals surface area contributed by atoms with Gasteiger partial charge < -0.3 is 15.6 Å². The van der Waals surface area contributed by atoms with E-state index in [0.717, 1.165) is 33.4 Å². The molecule has 1 aliphatic rings. The van der Waals surface area contributed by atoms with Gasteiger partial charge in [0.25, 0.3) is 0 Å². The third kappa shape index (κ3) is 4.12. The number of amides is 2. The molecule has 0 saturated heterocycles. The Morgan fingerprint density at radius 2 is 1.84 bits per heavy atom. The molecule has 0 radical (unpaired) electrons. The fourth-order valence-electron chi connectivity index (χ4n) is 4.32. The molecule has 6 heteroatoms. The number of aromatic amines is 1. The number of benzene rings is 3. The molecular formula is C26H24N4O2. The first-order valence-corrected chi connectivity index (χ1v) is 10.8. The predicted octanol–water partition coefficient (Wildman–Crippen LogP) is 4.36. The number of nitrogens with one attached hydrogen (secondary N) is 3. The number of rotatable bonds is 6. The van der Waals surface area contributed by atoms with E-state index in [9.17, 15) is 9.59 Å². The number of imidazole rings is 1. The van der Waals surface area contributed by atoms with Gasteiger partial charge in [-0.05, 0) is 47.7 Å². The molecule has 6 nitrogen and oxygen atoms in total. The van der Waals surface area contributed by atoms with E-state index in [1.54, 1.807) is 6.33 Å². The van der Waals surface area contributed by atoms with E-state index in [4.69, 9.17) is 0 Å². The summed E-state index contributed by atoms with van der Waals surface area (Å²) in [5.41, 5.74) is 5.78. The third-order valence-corrected chi connectivity index (χ3v) is 6.05. The molecule has 3 aromatic carbocycles. The highest BCUT2D eigenvalue weighted by Crippen LogP contribution is 2.28. The van der Waals surface area contributed by atoms with Gasteiger partial charge in [-0.1, -0.05) is 54.6 Å². The average molecular weight is 425 g/mol. The largest absolute Gasteiger partial charge is 0.345 e. The van der Waals surface area contributed by atoms with Gasteiger partial charge in [-0.3, -0.25) is 9.59 Å². The lowest BCUT2D eigenvalue weighted by Gasteiger charge is -2.25. The van der Waals surface area contributed by atoms with Crippen LogP contribution in [0.1, 0.15) is 35.6 Å². The topological polar surface area (TPSA) is 86.9 Å². The minimum absolute atomic E-state index is 0.0131. The minimum Gasteiger partial charge on any atom is -0.345 e. The molecule has 0 aliphatic carbocycles. The zero-order chi connectivity index (χ0) is 21.9. The van der Waals surface area contributed by atoms with Gasteiger partial charge in [-0.15, -0.1) is 0 Å². The van der Waals surface area contributed by atoms with Gasteiger partial charge in [0, 0.05) is 18.0 Å². The number of aromatic nitrogens is 2. The van der Waals surface area contributed by atoms with Crippen LogP contribution < -0.4 is 10.6 Å². The first kappa shape index (κ1) is 20.0. The maximum Gasteiger partial charge on any atom is 0.227 e. The lowest BCUT2D eigenvalue weighted by atomic mass is 9.89. The maximum absolute atomic E-state index is 12.9. The van der Waals surface area contributed by atoms with Crippen LogP contribution >= 0.6 is 0 Å². The second-order valence-electron chi connectivity index (χ2n) is 8.18. The zero-order valence-corrected chi connectivity index (χ0v) is 17.5. The maximum atomic E-state index is 12.9. The van der Waals surface area contributed by atoms with Gasteiger partial charge in [0.1, 0.15) is 0 Å². The first-order chi connectivity index (χ1) is 15.7. The standard InChI is InChI=1S/C26H24N4O2/c31-24(13-11-20-14-18-8-4-5-9-21(18)29-26(20)32)30-25(17-6-2-1-3-7-17)19-10-12-22-23(15-19)28-16-27-22/h1-10,12,15-16,20,25H,11,13-14H2,(H,27,28)(H,29,32)(H,30,31)/t20-,25-/m0/s1. The van der Waals surface area contributed by atoms with Crippen molar-refractivity contribution in [3.8, 4) is 0 Å². The molecule has 0 saturated carbocycles. The molecule has 0 spiro atoms. The Morgan fingerprint density at radius 3 is 2.72 bits per heavy atom. The predicted molar refractivity (Wildman–Crippen MR) is 124 cm³/mol. The van der Waals surface area contributed by atoms with Crippen LogP contribution in [0.3, 0.4) is 0 Å². The lowest BCUT2D eigenvalue weighted by molar-refractivity contribution is -0.123. The van der Waals surface area contributed by atoms with Crippen molar-refractivity contribution in [1.82, 2.24) is 15.3 Å². The van der Waals surface area contributed by atoms with Crippen molar-refractivity contribution in [2.45, 2.75) is 25.3 Å². The zero-order valence-electron chi connectivity index (χ0n) is 17.5. The van der Waals surface area contributed by atoms with Crippen molar-refractivity contribution in [3.63, 3.8) is 0 Å². The van der Waals surface area contributed by atoms with E-state index in [0.29, 0.717) is 12.8 Å². The summed E-state index contributed by atoms with van der Waals surface area (Å²) in [6.07, 6.45) is 3.12. The molecule has 3 N–H and O–H groups in total. The van der Waals surface area contributed by atoms with E-state index < -0.39 is 0 Å². The van der Waals surface area contributed by atoms with E-state index in [2.05, 4.69) is 20.6 Å². The molecule has 2 atom stereocenters. The Labute approximate surface area is 186 Å². The molecule has 1 aliphatic heterocycles. The van der Waals surface area contributed by atoms with Crippen LogP contribution in [0.15, 0.2) is 79.1 Å². The Kier molecular flexibility index (Phi) is 5.42. The van der Waals surface area contributed by atoms with Crippen LogP contribution in [0.5, 0.6) is 0 Å². The van der Waals surface area contributed by atoms with Gasteiger partial charge in [-0.2, -0.15) is 0 Å². The molecule has 1 aromatic heterocycles. The second kappa shape index (κ2) is 8.67. The summed E-state index contributed by atoms with van der Waals surface area (Å²) in [5, 5.41) is 6.14. The molecule has 0 bridgehead atoms. The lowest BCUT2D eigenvalue weighted by Crippen LogP contribution is -2.33. The summed E-state index contributed by atoms with van der Waals surface area (Å²) < 4.78 is 0. The number of hydrogen-bond acceptors (Lipinski definition) is 3. The normalized spacial score (nSPS) is 16.2. The summed E-state index contributed by atoms with van der Waals surface area (Å²) in [4.78, 5) is 32.8. The summed E-state index contributed by atoms with van der Waals surface area (Å²) in [7, 11) is 0. The highest BCUT2D eigenvalue weighted by molar-refractivity contribution is 5.96. The third-order valence-electron chi connectivity index (χ3n) is 6.05. The van der Waals surface area contributed by atoms with E-state index in [1.807, 2.05) is 72.8 Å². The molecule has 0 fully saturated rings. The monoisotopic (exact) mass is 424 g/mol. The van der Waals surface area contributed by atoms with E-state index in [-0.39, 0.29) is 30.2 Å². The number of nitrogens with zero attached hydrogens (tertiary/aromatic N) is 1. The van der Waals surface area contributed by atoms with Crippen LogP contribution in [-0.4, -0.2) is 21.8 Å². The Bertz CT molecular complexity index is 1270. The number of para-hydroxylation sites is 1. The fraction of sp³-hybridized carbons (Fsp3) is 0.192. The molecule has 2 amide bonds. The van der Waals surface area contributed by atoms with Gasteiger partial charge in [-0.25, -0.2) is 4.98 Å². The minimum atomic E-state index is -0.280. The molecular weight excluding hydrogens is 400 g/mol. The Balaban J connectivity index is 1.30.